The Labute approximate surface area is 107 Å². The van der Waals surface area contributed by atoms with Crippen LogP contribution in [-0.2, 0) is 19.6 Å². The summed E-state index contributed by atoms with van der Waals surface area (Å²) in [5.74, 6) is -0.446. The van der Waals surface area contributed by atoms with Crippen molar-refractivity contribution in [3.8, 4) is 0 Å². The van der Waals surface area contributed by atoms with Crippen molar-refractivity contribution in [3.63, 3.8) is 0 Å². The Bertz CT molecular complexity index is 537. The molecule has 100 valence electrons. The smallest absolute Gasteiger partial charge is 0.306 e. The summed E-state index contributed by atoms with van der Waals surface area (Å²) < 4.78 is 30.8. The third-order valence-electron chi connectivity index (χ3n) is 2.48. The highest BCUT2D eigenvalue weighted by Crippen LogP contribution is 2.16. The highest BCUT2D eigenvalue weighted by Gasteiger charge is 2.16. The first-order chi connectivity index (χ1) is 8.36. The second-order valence-electron chi connectivity index (χ2n) is 3.99. The predicted molar refractivity (Wildman–Crippen MR) is 67.7 cm³/mol. The molecule has 0 saturated heterocycles. The minimum Gasteiger partial charge on any atom is -0.469 e. The highest BCUT2D eigenvalue weighted by molar-refractivity contribution is 7.89. The van der Waals surface area contributed by atoms with Gasteiger partial charge in [-0.25, -0.2) is 13.1 Å². The monoisotopic (exact) mass is 271 g/mol. The number of methoxy groups -OCH3 is 1. The largest absolute Gasteiger partial charge is 0.469 e. The van der Waals surface area contributed by atoms with Crippen molar-refractivity contribution in [3.05, 3.63) is 29.3 Å². The fourth-order valence-electron chi connectivity index (χ4n) is 1.46. The number of rotatable bonds is 5. The van der Waals surface area contributed by atoms with Crippen LogP contribution in [0.2, 0.25) is 0 Å². The molecule has 0 saturated carbocycles. The van der Waals surface area contributed by atoms with Crippen LogP contribution in [0, 0.1) is 13.8 Å². The molecule has 0 heterocycles. The molecule has 0 aliphatic carbocycles. The van der Waals surface area contributed by atoms with E-state index in [0.717, 1.165) is 5.56 Å². The fraction of sp³-hybridized carbons (Fsp3) is 0.417. The Kier molecular flexibility index (Phi) is 4.86. The summed E-state index contributed by atoms with van der Waals surface area (Å²) in [7, 11) is -2.31. The lowest BCUT2D eigenvalue weighted by Crippen LogP contribution is -2.27. The van der Waals surface area contributed by atoms with Gasteiger partial charge in [-0.2, -0.15) is 0 Å². The molecule has 0 spiro atoms. The number of esters is 1. The number of sulfonamides is 1. The summed E-state index contributed by atoms with van der Waals surface area (Å²) in [4.78, 5) is 11.1. The molecule has 0 bridgehead atoms. The van der Waals surface area contributed by atoms with Gasteiger partial charge in [0.25, 0.3) is 0 Å². The van der Waals surface area contributed by atoms with Crippen molar-refractivity contribution < 1.29 is 17.9 Å². The fourth-order valence-corrected chi connectivity index (χ4v) is 2.82. The van der Waals surface area contributed by atoms with Crippen LogP contribution in [0.15, 0.2) is 23.1 Å². The maximum Gasteiger partial charge on any atom is 0.306 e. The summed E-state index contributed by atoms with van der Waals surface area (Å²) in [6.07, 6.45) is 0.0145. The Morgan fingerprint density at radius 2 is 2.00 bits per heavy atom. The SMILES string of the molecule is COC(=O)CCNS(=O)(=O)c1cc(C)ccc1C. The first-order valence-corrected chi connectivity index (χ1v) is 6.99. The maximum atomic E-state index is 12.0. The van der Waals surface area contributed by atoms with Gasteiger partial charge in [0.1, 0.15) is 0 Å². The van der Waals surface area contributed by atoms with Crippen LogP contribution in [0.25, 0.3) is 0 Å². The van der Waals surface area contributed by atoms with E-state index in [4.69, 9.17) is 0 Å². The van der Waals surface area contributed by atoms with Crippen molar-refractivity contribution in [2.24, 2.45) is 0 Å². The summed E-state index contributed by atoms with van der Waals surface area (Å²) in [6, 6.07) is 5.21. The van der Waals surface area contributed by atoms with Gasteiger partial charge in [0.15, 0.2) is 0 Å². The lowest BCUT2D eigenvalue weighted by Gasteiger charge is -2.09. The van der Waals surface area contributed by atoms with Crippen molar-refractivity contribution >= 4 is 16.0 Å². The van der Waals surface area contributed by atoms with E-state index in [-0.39, 0.29) is 17.9 Å². The van der Waals surface area contributed by atoms with Crippen LogP contribution in [0.4, 0.5) is 0 Å². The number of aryl methyl sites for hydroxylation is 2. The molecule has 0 radical (unpaired) electrons. The third kappa shape index (κ3) is 3.82. The van der Waals surface area contributed by atoms with E-state index in [2.05, 4.69) is 9.46 Å². The number of nitrogens with one attached hydrogen (secondary N) is 1. The quantitative estimate of drug-likeness (QED) is 0.815. The molecule has 1 aromatic carbocycles. The standard InChI is InChI=1S/C12H17NO4S/c1-9-4-5-10(2)11(8-9)18(15,16)13-7-6-12(14)17-3/h4-5,8,13H,6-7H2,1-3H3. The molecule has 0 amide bonds. The minimum absolute atomic E-state index is 0.0145. The molecule has 0 unspecified atom stereocenters. The van der Waals surface area contributed by atoms with Crippen molar-refractivity contribution in [1.82, 2.24) is 4.72 Å². The number of hydrogen-bond donors (Lipinski definition) is 1. The molecule has 1 aromatic rings. The van der Waals surface area contributed by atoms with Crippen LogP contribution in [-0.4, -0.2) is 28.0 Å². The van der Waals surface area contributed by atoms with Gasteiger partial charge < -0.3 is 4.74 Å². The van der Waals surface area contributed by atoms with E-state index < -0.39 is 16.0 Å². The molecule has 0 atom stereocenters. The zero-order valence-electron chi connectivity index (χ0n) is 10.7. The zero-order chi connectivity index (χ0) is 13.8. The van der Waals surface area contributed by atoms with Gasteiger partial charge >= 0.3 is 5.97 Å². The first-order valence-electron chi connectivity index (χ1n) is 5.50. The molecule has 0 aliphatic heterocycles. The van der Waals surface area contributed by atoms with E-state index in [1.807, 2.05) is 13.0 Å². The summed E-state index contributed by atoms with van der Waals surface area (Å²) in [5.41, 5.74) is 1.54. The lowest BCUT2D eigenvalue weighted by molar-refractivity contribution is -0.140. The van der Waals surface area contributed by atoms with Gasteiger partial charge in [-0.05, 0) is 31.0 Å². The van der Waals surface area contributed by atoms with Gasteiger partial charge in [-0.15, -0.1) is 0 Å². The number of hydrogen-bond acceptors (Lipinski definition) is 4. The lowest BCUT2D eigenvalue weighted by atomic mass is 10.2. The van der Waals surface area contributed by atoms with Crippen LogP contribution in [0.5, 0.6) is 0 Å². The maximum absolute atomic E-state index is 12.0. The normalized spacial score (nSPS) is 11.3. The van der Waals surface area contributed by atoms with E-state index in [0.29, 0.717) is 5.56 Å². The van der Waals surface area contributed by atoms with Crippen LogP contribution in [0.3, 0.4) is 0 Å². The molecule has 0 fully saturated rings. The number of ether oxygens (including phenoxy) is 1. The molecule has 0 aromatic heterocycles. The molecule has 18 heavy (non-hydrogen) atoms. The van der Waals surface area contributed by atoms with Crippen LogP contribution >= 0.6 is 0 Å². The average molecular weight is 271 g/mol. The average Bonchev–Trinajstić information content (AvgIpc) is 2.31. The number of benzene rings is 1. The van der Waals surface area contributed by atoms with Gasteiger partial charge in [-0.1, -0.05) is 12.1 Å². The zero-order valence-corrected chi connectivity index (χ0v) is 11.5. The molecular formula is C12H17NO4S. The van der Waals surface area contributed by atoms with E-state index in [1.165, 1.54) is 7.11 Å². The summed E-state index contributed by atoms with van der Waals surface area (Å²) in [6.45, 7) is 3.59. The van der Waals surface area contributed by atoms with Crippen molar-refractivity contribution in [2.45, 2.75) is 25.2 Å². The Morgan fingerprint density at radius 1 is 1.33 bits per heavy atom. The molecule has 1 rings (SSSR count). The molecular weight excluding hydrogens is 254 g/mol. The van der Waals surface area contributed by atoms with E-state index in [1.54, 1.807) is 19.1 Å². The first kappa shape index (κ1) is 14.7. The predicted octanol–water partition coefficient (Wildman–Crippen LogP) is 1.14. The Balaban J connectivity index is 2.80. The summed E-state index contributed by atoms with van der Waals surface area (Å²) >= 11 is 0. The van der Waals surface area contributed by atoms with Gasteiger partial charge in [0.05, 0.1) is 18.4 Å². The Hall–Kier alpha value is -1.40. The van der Waals surface area contributed by atoms with Gasteiger partial charge in [0.2, 0.25) is 10.0 Å². The molecule has 5 nitrogen and oxygen atoms in total. The second kappa shape index (κ2) is 5.97. The van der Waals surface area contributed by atoms with Crippen LogP contribution in [0.1, 0.15) is 17.5 Å². The van der Waals surface area contributed by atoms with Crippen molar-refractivity contribution in [2.75, 3.05) is 13.7 Å². The van der Waals surface area contributed by atoms with Crippen LogP contribution < -0.4 is 4.72 Å². The van der Waals surface area contributed by atoms with Gasteiger partial charge in [0, 0.05) is 6.54 Å². The molecule has 0 aliphatic rings. The minimum atomic E-state index is -3.58. The third-order valence-corrected chi connectivity index (χ3v) is 4.09. The molecule has 6 heteroatoms. The highest BCUT2D eigenvalue weighted by atomic mass is 32.2. The van der Waals surface area contributed by atoms with Gasteiger partial charge in [-0.3, -0.25) is 4.79 Å². The Morgan fingerprint density at radius 3 is 2.61 bits per heavy atom. The summed E-state index contributed by atoms with van der Waals surface area (Å²) in [5, 5.41) is 0. The van der Waals surface area contributed by atoms with Crippen molar-refractivity contribution in [1.29, 1.82) is 0 Å². The second-order valence-corrected chi connectivity index (χ2v) is 5.73. The van der Waals surface area contributed by atoms with E-state index in [9.17, 15) is 13.2 Å². The number of carbonyl (C=O) groups excluding carboxylic acids is 1. The van der Waals surface area contributed by atoms with E-state index >= 15 is 0 Å². The topological polar surface area (TPSA) is 72.5 Å². The number of carbonyl (C=O) groups is 1. The molecule has 1 N–H and O–H groups in total.